The summed E-state index contributed by atoms with van der Waals surface area (Å²) in [4.78, 5) is 12.6. The third-order valence-corrected chi connectivity index (χ3v) is 5.53. The van der Waals surface area contributed by atoms with Crippen molar-refractivity contribution in [3.05, 3.63) is 47.0 Å². The van der Waals surface area contributed by atoms with Gasteiger partial charge < -0.3 is 4.74 Å². The minimum atomic E-state index is -0.608. The van der Waals surface area contributed by atoms with Gasteiger partial charge in [0.15, 0.2) is 0 Å². The summed E-state index contributed by atoms with van der Waals surface area (Å²) >= 11 is 5.68. The third-order valence-electron chi connectivity index (χ3n) is 3.39. The second-order valence-electron chi connectivity index (χ2n) is 4.97. The van der Waals surface area contributed by atoms with Gasteiger partial charge >= 0.3 is 5.97 Å². The Balaban J connectivity index is 2.92. The number of carbonyl (C=O) groups excluding carboxylic acids is 1. The van der Waals surface area contributed by atoms with E-state index >= 15 is 0 Å². The van der Waals surface area contributed by atoms with Gasteiger partial charge in [0.25, 0.3) is 0 Å². The van der Waals surface area contributed by atoms with Gasteiger partial charge in [0, 0.05) is 10.2 Å². The first-order chi connectivity index (χ1) is 10.0. The number of allylic oxidation sites excluding steroid dienone is 1. The lowest BCUT2D eigenvalue weighted by molar-refractivity contribution is -0.149. The Hall–Kier alpha value is -0.0100. The maximum Gasteiger partial charge on any atom is 0.316 e. The first-order valence-corrected chi connectivity index (χ1v) is 11.1. The second kappa shape index (κ2) is 9.90. The minimum absolute atomic E-state index is 0.143. The molecular weight excluding hydrogens is 463 g/mol. The SMILES string of the molecule is C=CCCCC(C)(C(=O)OCCSI)c1cccc(Br)c1. The monoisotopic (exact) mass is 482 g/mol. The molecule has 0 heterocycles. The van der Waals surface area contributed by atoms with Crippen molar-refractivity contribution >= 4 is 52.0 Å². The molecular formula is C16H20BrIO2S. The van der Waals surface area contributed by atoms with Crippen LogP contribution in [0, 0.1) is 0 Å². The molecule has 21 heavy (non-hydrogen) atoms. The molecule has 0 spiro atoms. The lowest BCUT2D eigenvalue weighted by Gasteiger charge is -2.28. The average molecular weight is 483 g/mol. The molecule has 0 amide bonds. The molecule has 2 nitrogen and oxygen atoms in total. The summed E-state index contributed by atoms with van der Waals surface area (Å²) in [5.41, 5.74) is 0.385. The van der Waals surface area contributed by atoms with E-state index in [2.05, 4.69) is 43.7 Å². The third kappa shape index (κ3) is 5.94. The van der Waals surface area contributed by atoms with Gasteiger partial charge in [0.2, 0.25) is 0 Å². The smallest absolute Gasteiger partial charge is 0.316 e. The van der Waals surface area contributed by atoms with Crippen molar-refractivity contribution in [1.29, 1.82) is 0 Å². The maximum atomic E-state index is 12.6. The van der Waals surface area contributed by atoms with Crippen LogP contribution in [-0.4, -0.2) is 18.3 Å². The predicted molar refractivity (Wildman–Crippen MR) is 103 cm³/mol. The molecule has 1 unspecified atom stereocenters. The molecule has 0 saturated carbocycles. The first-order valence-electron chi connectivity index (χ1n) is 6.82. The van der Waals surface area contributed by atoms with Gasteiger partial charge in [-0.2, -0.15) is 0 Å². The number of ether oxygens (including phenoxy) is 1. The molecule has 0 aliphatic carbocycles. The molecule has 5 heteroatoms. The van der Waals surface area contributed by atoms with Crippen molar-refractivity contribution < 1.29 is 9.53 Å². The summed E-state index contributed by atoms with van der Waals surface area (Å²) in [5.74, 6) is 0.670. The number of hydrogen-bond donors (Lipinski definition) is 0. The molecule has 0 fully saturated rings. The van der Waals surface area contributed by atoms with Crippen LogP contribution in [0.3, 0.4) is 0 Å². The van der Waals surface area contributed by atoms with Gasteiger partial charge in [-0.1, -0.05) is 43.1 Å². The lowest BCUT2D eigenvalue weighted by atomic mass is 9.78. The van der Waals surface area contributed by atoms with Crippen LogP contribution >= 0.6 is 46.1 Å². The Morgan fingerprint density at radius 2 is 2.33 bits per heavy atom. The molecule has 1 rings (SSSR count). The van der Waals surface area contributed by atoms with Crippen LogP contribution in [0.1, 0.15) is 31.7 Å². The van der Waals surface area contributed by atoms with E-state index in [1.807, 2.05) is 37.3 Å². The fourth-order valence-electron chi connectivity index (χ4n) is 2.12. The van der Waals surface area contributed by atoms with Crippen molar-refractivity contribution in [1.82, 2.24) is 0 Å². The molecule has 1 atom stereocenters. The molecule has 0 saturated heterocycles. The van der Waals surface area contributed by atoms with E-state index in [0.717, 1.165) is 35.1 Å². The molecule has 0 aliphatic heterocycles. The van der Waals surface area contributed by atoms with Gasteiger partial charge in [-0.05, 0) is 65.1 Å². The normalized spacial score (nSPS) is 13.5. The van der Waals surface area contributed by atoms with Crippen LogP contribution in [0.25, 0.3) is 0 Å². The van der Waals surface area contributed by atoms with Crippen molar-refractivity contribution in [3.8, 4) is 0 Å². The Labute approximate surface area is 151 Å². The van der Waals surface area contributed by atoms with E-state index < -0.39 is 5.41 Å². The Morgan fingerprint density at radius 1 is 1.57 bits per heavy atom. The zero-order chi connectivity index (χ0) is 15.7. The van der Waals surface area contributed by atoms with Crippen molar-refractivity contribution in [2.24, 2.45) is 0 Å². The van der Waals surface area contributed by atoms with E-state index in [1.165, 1.54) is 0 Å². The number of hydrogen-bond acceptors (Lipinski definition) is 3. The molecule has 0 radical (unpaired) electrons. The summed E-state index contributed by atoms with van der Waals surface area (Å²) in [6, 6.07) is 7.92. The van der Waals surface area contributed by atoms with E-state index in [4.69, 9.17) is 4.74 Å². The predicted octanol–water partition coefficient (Wildman–Crippen LogP) is 5.69. The van der Waals surface area contributed by atoms with Crippen LogP contribution in [0.5, 0.6) is 0 Å². The van der Waals surface area contributed by atoms with E-state index in [1.54, 1.807) is 8.93 Å². The van der Waals surface area contributed by atoms with Gasteiger partial charge in [0.05, 0.1) is 5.41 Å². The first kappa shape index (κ1) is 19.0. The highest BCUT2D eigenvalue weighted by Crippen LogP contribution is 2.33. The largest absolute Gasteiger partial charge is 0.464 e. The highest BCUT2D eigenvalue weighted by atomic mass is 127. The van der Waals surface area contributed by atoms with Crippen LogP contribution < -0.4 is 0 Å². The Morgan fingerprint density at radius 3 is 2.95 bits per heavy atom. The molecule has 1 aromatic carbocycles. The van der Waals surface area contributed by atoms with Gasteiger partial charge in [-0.3, -0.25) is 4.79 Å². The number of halogens is 2. The zero-order valence-electron chi connectivity index (χ0n) is 12.1. The fraction of sp³-hybridized carbons (Fsp3) is 0.438. The summed E-state index contributed by atoms with van der Waals surface area (Å²) in [5, 5.41) is 0. The fourth-order valence-corrected chi connectivity index (χ4v) is 3.21. The number of carbonyl (C=O) groups is 1. The van der Waals surface area contributed by atoms with Crippen molar-refractivity contribution in [2.45, 2.75) is 31.6 Å². The Kier molecular flexibility index (Phi) is 8.97. The molecule has 1 aromatic rings. The minimum Gasteiger partial charge on any atom is -0.464 e. The molecule has 0 aromatic heterocycles. The number of rotatable bonds is 9. The molecule has 0 aliphatic rings. The molecule has 0 N–H and O–H groups in total. The number of esters is 1. The maximum absolute atomic E-state index is 12.6. The Bertz CT molecular complexity index is 481. The zero-order valence-corrected chi connectivity index (χ0v) is 16.7. The topological polar surface area (TPSA) is 26.3 Å². The van der Waals surface area contributed by atoms with Crippen LogP contribution in [0.2, 0.25) is 0 Å². The standard InChI is InChI=1S/C16H20BrIO2S/c1-3-4-5-9-16(2,15(19)20-10-11-21-18)13-7-6-8-14(17)12-13/h3,6-8,12H,1,4-5,9-11H2,2H3. The number of unbranched alkanes of at least 4 members (excludes halogenated alkanes) is 1. The van der Waals surface area contributed by atoms with Gasteiger partial charge in [-0.15, -0.1) is 6.58 Å². The van der Waals surface area contributed by atoms with Gasteiger partial charge in [-0.25, -0.2) is 0 Å². The van der Waals surface area contributed by atoms with E-state index in [-0.39, 0.29) is 5.97 Å². The number of benzene rings is 1. The summed E-state index contributed by atoms with van der Waals surface area (Å²) in [6.45, 7) is 6.17. The summed E-state index contributed by atoms with van der Waals surface area (Å²) < 4.78 is 6.44. The van der Waals surface area contributed by atoms with E-state index in [0.29, 0.717) is 6.61 Å². The quantitative estimate of drug-likeness (QED) is 0.196. The molecule has 0 bridgehead atoms. The highest BCUT2D eigenvalue weighted by Gasteiger charge is 2.36. The van der Waals surface area contributed by atoms with Crippen LogP contribution in [0.15, 0.2) is 41.4 Å². The van der Waals surface area contributed by atoms with Crippen molar-refractivity contribution in [2.75, 3.05) is 12.4 Å². The molecule has 116 valence electrons. The second-order valence-corrected chi connectivity index (χ2v) is 8.38. The van der Waals surface area contributed by atoms with Crippen LogP contribution in [0.4, 0.5) is 0 Å². The van der Waals surface area contributed by atoms with Crippen molar-refractivity contribution in [3.63, 3.8) is 0 Å². The highest BCUT2D eigenvalue weighted by molar-refractivity contribution is 14.2. The van der Waals surface area contributed by atoms with E-state index in [9.17, 15) is 4.79 Å². The summed E-state index contributed by atoms with van der Waals surface area (Å²) in [7, 11) is 1.65. The van der Waals surface area contributed by atoms with Gasteiger partial charge in [0.1, 0.15) is 6.61 Å². The lowest BCUT2D eigenvalue weighted by Crippen LogP contribution is -2.35. The summed E-state index contributed by atoms with van der Waals surface area (Å²) in [6.07, 6.45) is 4.47. The average Bonchev–Trinajstić information content (AvgIpc) is 2.47. The van der Waals surface area contributed by atoms with Crippen LogP contribution in [-0.2, 0) is 14.9 Å².